The van der Waals surface area contributed by atoms with Crippen LogP contribution in [0.2, 0.25) is 0 Å². The second-order valence-electron chi connectivity index (χ2n) is 4.80. The molecule has 0 atom stereocenters. The molecule has 1 rings (SSSR count). The summed E-state index contributed by atoms with van der Waals surface area (Å²) in [7, 11) is 0. The van der Waals surface area contributed by atoms with Crippen LogP contribution < -0.4 is 10.6 Å². The number of carbonyl (C=O) groups excluding carboxylic acids is 1. The third-order valence-corrected chi connectivity index (χ3v) is 3.23. The summed E-state index contributed by atoms with van der Waals surface area (Å²) >= 11 is 0. The first kappa shape index (κ1) is 16.0. The van der Waals surface area contributed by atoms with Gasteiger partial charge in [-0.25, -0.2) is 4.79 Å². The number of hydrogen-bond acceptors (Lipinski definition) is 2. The monoisotopic (exact) mass is 276 g/mol. The van der Waals surface area contributed by atoms with Gasteiger partial charge in [-0.2, -0.15) is 0 Å². The number of amides is 2. The van der Waals surface area contributed by atoms with Crippen molar-refractivity contribution < 1.29 is 4.79 Å². The van der Waals surface area contributed by atoms with Crippen LogP contribution in [0.15, 0.2) is 18.2 Å². The fourth-order valence-corrected chi connectivity index (χ4v) is 2.31. The molecule has 0 spiro atoms. The van der Waals surface area contributed by atoms with Crippen molar-refractivity contribution in [1.82, 2.24) is 4.90 Å². The van der Waals surface area contributed by atoms with Crippen LogP contribution in [0.5, 0.6) is 0 Å². The summed E-state index contributed by atoms with van der Waals surface area (Å²) in [6.45, 7) is 8.84. The van der Waals surface area contributed by atoms with Crippen LogP contribution >= 0.6 is 0 Å². The topological polar surface area (TPSA) is 73.4 Å². The average molecular weight is 276 g/mol. The number of benzene rings is 1. The molecule has 0 aliphatic rings. The maximum Gasteiger partial charge on any atom is 0.331 e. The molecule has 5 heteroatoms. The molecule has 5 nitrogen and oxygen atoms in total. The largest absolute Gasteiger partial charge is 0.370 e. The van der Waals surface area contributed by atoms with E-state index in [1.165, 1.54) is 4.90 Å². The van der Waals surface area contributed by atoms with E-state index in [1.54, 1.807) is 4.90 Å². The van der Waals surface area contributed by atoms with Gasteiger partial charge in [-0.1, -0.05) is 25.1 Å². The fraction of sp³-hybridized carbons (Fsp3) is 0.467. The van der Waals surface area contributed by atoms with Crippen molar-refractivity contribution in [3.63, 3.8) is 0 Å². The van der Waals surface area contributed by atoms with Crippen molar-refractivity contribution in [2.24, 2.45) is 5.73 Å². The lowest BCUT2D eigenvalue weighted by Gasteiger charge is -2.30. The number of hydrogen-bond donors (Lipinski definition) is 2. The first-order valence-corrected chi connectivity index (χ1v) is 6.93. The number of para-hydroxylation sites is 1. The first-order chi connectivity index (χ1) is 9.43. The molecule has 2 amide bonds. The second kappa shape index (κ2) is 6.93. The molecule has 0 unspecified atom stereocenters. The highest BCUT2D eigenvalue weighted by molar-refractivity contribution is 6.03. The Morgan fingerprint density at radius 1 is 1.25 bits per heavy atom. The number of urea groups is 1. The molecule has 1 aromatic rings. The van der Waals surface area contributed by atoms with Crippen molar-refractivity contribution in [2.75, 3.05) is 18.0 Å². The van der Waals surface area contributed by atoms with Gasteiger partial charge in [0.2, 0.25) is 0 Å². The van der Waals surface area contributed by atoms with Gasteiger partial charge in [0, 0.05) is 13.1 Å². The molecule has 0 heterocycles. The van der Waals surface area contributed by atoms with Gasteiger partial charge in [-0.15, -0.1) is 0 Å². The van der Waals surface area contributed by atoms with Gasteiger partial charge in [0.15, 0.2) is 5.96 Å². The van der Waals surface area contributed by atoms with Crippen LogP contribution in [-0.2, 0) is 0 Å². The molecule has 0 aliphatic carbocycles. The van der Waals surface area contributed by atoms with Crippen molar-refractivity contribution in [1.29, 1.82) is 5.41 Å². The van der Waals surface area contributed by atoms with Crippen molar-refractivity contribution in [3.8, 4) is 0 Å². The van der Waals surface area contributed by atoms with E-state index in [9.17, 15) is 4.79 Å². The fourth-order valence-electron chi connectivity index (χ4n) is 2.31. The van der Waals surface area contributed by atoms with Crippen LogP contribution in [0.4, 0.5) is 10.5 Å². The summed E-state index contributed by atoms with van der Waals surface area (Å²) in [4.78, 5) is 15.6. The maximum atomic E-state index is 12.6. The third kappa shape index (κ3) is 3.29. The number of anilines is 1. The van der Waals surface area contributed by atoms with E-state index in [1.807, 2.05) is 45.9 Å². The number of carbonyl (C=O) groups is 1. The van der Waals surface area contributed by atoms with Gasteiger partial charge in [-0.3, -0.25) is 15.2 Å². The van der Waals surface area contributed by atoms with Crippen molar-refractivity contribution in [2.45, 2.75) is 34.1 Å². The molecule has 0 aliphatic heterocycles. The Hall–Kier alpha value is -2.04. The molecule has 20 heavy (non-hydrogen) atoms. The second-order valence-corrected chi connectivity index (χ2v) is 4.80. The van der Waals surface area contributed by atoms with Crippen LogP contribution in [0.1, 0.15) is 31.4 Å². The van der Waals surface area contributed by atoms with Crippen LogP contribution in [0.25, 0.3) is 0 Å². The minimum atomic E-state index is -0.237. The molecule has 1 aromatic carbocycles. The third-order valence-electron chi connectivity index (χ3n) is 3.23. The predicted octanol–water partition coefficient (Wildman–Crippen LogP) is 2.86. The molecule has 3 N–H and O–H groups in total. The lowest BCUT2D eigenvalue weighted by Crippen LogP contribution is -2.49. The zero-order valence-corrected chi connectivity index (χ0v) is 12.7. The van der Waals surface area contributed by atoms with E-state index in [2.05, 4.69) is 0 Å². The minimum Gasteiger partial charge on any atom is -0.370 e. The molecule has 0 saturated heterocycles. The Balaban J connectivity index is 3.18. The van der Waals surface area contributed by atoms with E-state index >= 15 is 0 Å². The smallest absolute Gasteiger partial charge is 0.331 e. The summed E-state index contributed by atoms with van der Waals surface area (Å²) in [5, 5.41) is 7.58. The Morgan fingerprint density at radius 3 is 2.20 bits per heavy atom. The molecule has 0 bridgehead atoms. The summed E-state index contributed by atoms with van der Waals surface area (Å²) in [6.07, 6.45) is 0.760. The number of aryl methyl sites for hydroxylation is 2. The van der Waals surface area contributed by atoms with Crippen molar-refractivity contribution in [3.05, 3.63) is 29.3 Å². The normalized spacial score (nSPS) is 10.2. The Labute approximate surface area is 120 Å². The van der Waals surface area contributed by atoms with Gasteiger partial charge in [0.25, 0.3) is 0 Å². The minimum absolute atomic E-state index is 0.207. The highest BCUT2D eigenvalue weighted by atomic mass is 16.2. The number of rotatable bonds is 4. The predicted molar refractivity (Wildman–Crippen MR) is 83.2 cm³/mol. The highest BCUT2D eigenvalue weighted by Gasteiger charge is 2.24. The average Bonchev–Trinajstić information content (AvgIpc) is 2.39. The molecular weight excluding hydrogens is 252 g/mol. The van der Waals surface area contributed by atoms with Gasteiger partial charge in [-0.05, 0) is 38.3 Å². The molecule has 110 valence electrons. The Kier molecular flexibility index (Phi) is 5.55. The summed E-state index contributed by atoms with van der Waals surface area (Å²) < 4.78 is 0. The zero-order valence-electron chi connectivity index (χ0n) is 12.7. The van der Waals surface area contributed by atoms with Gasteiger partial charge >= 0.3 is 6.03 Å². The Bertz CT molecular complexity index is 478. The molecular formula is C15H24N4O. The number of guanidine groups is 1. The number of nitrogens with two attached hydrogens (primary N) is 1. The molecule has 0 saturated carbocycles. The SMILES string of the molecule is CCCN(C(=N)N)C(=O)N(CC)c1c(C)cccc1C. The number of nitrogens with zero attached hydrogens (tertiary/aromatic N) is 2. The van der Waals surface area contributed by atoms with Crippen LogP contribution in [0, 0.1) is 19.3 Å². The lowest BCUT2D eigenvalue weighted by molar-refractivity contribution is 0.226. The number of nitrogens with one attached hydrogen (secondary N) is 1. The van der Waals surface area contributed by atoms with Gasteiger partial charge < -0.3 is 5.73 Å². The highest BCUT2D eigenvalue weighted by Crippen LogP contribution is 2.25. The maximum absolute atomic E-state index is 12.6. The van der Waals surface area contributed by atoms with Gasteiger partial charge in [0.1, 0.15) is 0 Å². The zero-order chi connectivity index (χ0) is 15.3. The van der Waals surface area contributed by atoms with Crippen LogP contribution in [0.3, 0.4) is 0 Å². The van der Waals surface area contributed by atoms with E-state index in [0.29, 0.717) is 13.1 Å². The standard InChI is InChI=1S/C15H24N4O/c1-5-10-19(14(16)17)15(20)18(6-2)13-11(3)8-7-9-12(13)4/h7-9H,5-6,10H2,1-4H3,(H3,16,17). The van der Waals surface area contributed by atoms with Crippen molar-refractivity contribution >= 4 is 17.7 Å². The molecule has 0 fully saturated rings. The van der Waals surface area contributed by atoms with E-state index in [0.717, 1.165) is 23.2 Å². The van der Waals surface area contributed by atoms with Crippen LogP contribution in [-0.4, -0.2) is 30.0 Å². The van der Waals surface area contributed by atoms with E-state index < -0.39 is 0 Å². The summed E-state index contributed by atoms with van der Waals surface area (Å²) in [6, 6.07) is 5.70. The first-order valence-electron chi connectivity index (χ1n) is 6.93. The molecule has 0 radical (unpaired) electrons. The van der Waals surface area contributed by atoms with E-state index in [4.69, 9.17) is 11.1 Å². The summed E-state index contributed by atoms with van der Waals surface area (Å²) in [5.41, 5.74) is 8.52. The van der Waals surface area contributed by atoms with E-state index in [-0.39, 0.29) is 12.0 Å². The summed E-state index contributed by atoms with van der Waals surface area (Å²) in [5.74, 6) is -0.207. The quantitative estimate of drug-likeness (QED) is 0.655. The molecule has 0 aromatic heterocycles. The lowest BCUT2D eigenvalue weighted by atomic mass is 10.1. The Morgan fingerprint density at radius 2 is 1.80 bits per heavy atom. The van der Waals surface area contributed by atoms with Gasteiger partial charge in [0.05, 0.1) is 5.69 Å².